The minimum absolute atomic E-state index is 0. The summed E-state index contributed by atoms with van der Waals surface area (Å²) in [6.45, 7) is 4.50. The third-order valence-corrected chi connectivity index (χ3v) is 5.10. The van der Waals surface area contributed by atoms with Crippen molar-refractivity contribution >= 4 is 55.8 Å². The van der Waals surface area contributed by atoms with Gasteiger partial charge < -0.3 is 12.4 Å². The van der Waals surface area contributed by atoms with Crippen molar-refractivity contribution < 1.29 is 12.4 Å². The summed E-state index contributed by atoms with van der Waals surface area (Å²) < 4.78 is 0. The number of benzene rings is 2. The molecule has 4 bridgehead atoms. The maximum absolute atomic E-state index is 5.05. The van der Waals surface area contributed by atoms with E-state index in [-0.39, 0.29) is 12.4 Å². The molecule has 7 heteroatoms. The zero-order valence-corrected chi connectivity index (χ0v) is 22.7. The Morgan fingerprint density at radius 1 is 0.750 bits per heavy atom. The van der Waals surface area contributed by atoms with Gasteiger partial charge in [0.25, 0.3) is 0 Å². The van der Waals surface area contributed by atoms with E-state index in [2.05, 4.69) is 56.3 Å². The zero-order valence-electron chi connectivity index (χ0n) is 15.6. The van der Waals surface area contributed by atoms with Gasteiger partial charge in [-0.25, -0.2) is 0 Å². The van der Waals surface area contributed by atoms with Gasteiger partial charge in [0, 0.05) is 25.5 Å². The van der Waals surface area contributed by atoms with Crippen LogP contribution in [0.5, 0.6) is 0 Å². The second-order valence-corrected chi connectivity index (χ2v) is 45.0. The molecule has 152 valence electrons. The molecule has 0 aromatic heterocycles. The molecule has 0 N–H and O–H groups in total. The Bertz CT molecular complexity index is 887. The van der Waals surface area contributed by atoms with Gasteiger partial charge in [0.15, 0.2) is 5.56 Å². The zero-order chi connectivity index (χ0) is 19.8. The van der Waals surface area contributed by atoms with Crippen LogP contribution in [0.1, 0.15) is 33.4 Å². The monoisotopic (exact) mass is 604 g/mol. The van der Waals surface area contributed by atoms with Gasteiger partial charge in [-0.2, -0.15) is 0 Å². The molecular weight excluding hydrogens is 587 g/mol. The number of aryl methyl sites for hydroxylation is 4. The predicted octanol–water partition coefficient (Wildman–Crippen LogP) is 5.08. The van der Waals surface area contributed by atoms with Crippen LogP contribution in [0.15, 0.2) is 42.5 Å². The van der Waals surface area contributed by atoms with Gasteiger partial charge in [0.1, 0.15) is 16.7 Å². The van der Waals surface area contributed by atoms with Gasteiger partial charge in [-0.1, -0.05) is 30.3 Å². The van der Waals surface area contributed by atoms with E-state index in [9.17, 15) is 0 Å². The van der Waals surface area contributed by atoms with Gasteiger partial charge in [-0.3, -0.25) is 0 Å². The van der Waals surface area contributed by atoms with Gasteiger partial charge >= 0.3 is 55.8 Å². The molecule has 0 saturated heterocycles. The van der Waals surface area contributed by atoms with Crippen molar-refractivity contribution in [3.05, 3.63) is 75.8 Å². The summed E-state index contributed by atoms with van der Waals surface area (Å²) in [7, 11) is 25.2. The fraction of sp³-hybridized carbons (Fsp3) is 0.286. The summed E-state index contributed by atoms with van der Waals surface area (Å²) in [5, 5.41) is 0. The third kappa shape index (κ3) is 7.70. The van der Waals surface area contributed by atoms with Gasteiger partial charge in [-0.15, -0.1) is 0 Å². The van der Waals surface area contributed by atoms with Crippen molar-refractivity contribution in [3.63, 3.8) is 0 Å². The normalized spacial score (nSPS) is 14.9. The van der Waals surface area contributed by atoms with Crippen LogP contribution in [-0.4, -0.2) is 11.7 Å². The first kappa shape index (κ1) is 24.9. The SMILES string of the molecule is Cc1c(-c2cc3ccc2CCc2ccc(cc2)CC3)[c+]1C.[Cl-].[Cl][Sb]([Cl])([Cl])([Cl])[Cl]. The van der Waals surface area contributed by atoms with Crippen LogP contribution >= 0.6 is 44.1 Å². The molecule has 0 aliphatic heterocycles. The summed E-state index contributed by atoms with van der Waals surface area (Å²) in [4.78, 5) is 0. The number of hydrogen-bond acceptors (Lipinski definition) is 0. The van der Waals surface area contributed by atoms with Crippen LogP contribution in [0.2, 0.25) is 0 Å². The molecule has 3 aromatic rings. The van der Waals surface area contributed by atoms with Crippen molar-refractivity contribution in [2.75, 3.05) is 0 Å². The van der Waals surface area contributed by atoms with E-state index in [1.165, 1.54) is 44.5 Å². The Balaban J connectivity index is 0.000000353. The molecule has 0 nitrogen and oxygen atoms in total. The molecule has 3 aromatic carbocycles. The number of hydrogen-bond donors (Lipinski definition) is 0. The van der Waals surface area contributed by atoms with Crippen LogP contribution in [0.25, 0.3) is 11.1 Å². The first-order chi connectivity index (χ1) is 12.5. The predicted molar refractivity (Wildman–Crippen MR) is 124 cm³/mol. The van der Waals surface area contributed by atoms with Gasteiger partial charge in [-0.05, 0) is 48.4 Å². The van der Waals surface area contributed by atoms with Crippen LogP contribution in [-0.2, 0) is 25.7 Å². The molecule has 0 amide bonds. The fourth-order valence-corrected chi connectivity index (χ4v) is 3.48. The molecule has 4 aliphatic carbocycles. The number of halogens is 6. The van der Waals surface area contributed by atoms with Crippen molar-refractivity contribution in [1.82, 2.24) is 0 Å². The molecule has 7 rings (SSSR count). The molecule has 0 fully saturated rings. The van der Waals surface area contributed by atoms with Crippen LogP contribution in [0.4, 0.5) is 0 Å². The maximum atomic E-state index is 5.05. The Labute approximate surface area is 193 Å². The Morgan fingerprint density at radius 2 is 1.14 bits per heavy atom. The average Bonchev–Trinajstić information content (AvgIpc) is 3.14. The first-order valence-electron chi connectivity index (χ1n) is 8.82. The molecule has 0 unspecified atom stereocenters. The van der Waals surface area contributed by atoms with E-state index < -0.39 is 11.7 Å². The molecule has 4 aliphatic rings. The molecule has 0 spiro atoms. The van der Waals surface area contributed by atoms with Gasteiger partial charge in [0.2, 0.25) is 0 Å². The summed E-state index contributed by atoms with van der Waals surface area (Å²) in [6, 6.07) is 16.4. The second-order valence-electron chi connectivity index (χ2n) is 7.07. The van der Waals surface area contributed by atoms with Crippen LogP contribution in [0, 0.1) is 13.8 Å². The Morgan fingerprint density at radius 3 is 1.61 bits per heavy atom. The summed E-state index contributed by atoms with van der Waals surface area (Å²) >= 11 is -4.33. The van der Waals surface area contributed by atoms with E-state index in [1.54, 1.807) is 0 Å². The first-order valence-corrected chi connectivity index (χ1v) is 25.0. The fourth-order valence-electron chi connectivity index (χ4n) is 3.48. The third-order valence-electron chi connectivity index (χ3n) is 5.10. The molecule has 0 radical (unpaired) electrons. The van der Waals surface area contributed by atoms with E-state index in [1.807, 2.05) is 0 Å². The molecule has 0 atom stereocenters. The Hall–Kier alpha value is 0.608. The van der Waals surface area contributed by atoms with Gasteiger partial charge in [0.05, 0.1) is 0 Å². The molecule has 0 saturated carbocycles. The van der Waals surface area contributed by atoms with Crippen molar-refractivity contribution in [2.45, 2.75) is 39.5 Å². The standard InChI is InChI=1S/C21H21.6ClH.Sb/c1-14-15(2)21(14)20-13-18-8-7-16-3-5-17(6-4-16)9-11-19(20)12-10-18;;;;;;;/h3-6,10,12-13H,7-9,11H2,1-2H3;6*1H;/q+1;;;;;;;+5/p-6. The van der Waals surface area contributed by atoms with E-state index in [0.29, 0.717) is 0 Å². The molecule has 28 heavy (non-hydrogen) atoms. The Kier molecular flexibility index (Phi) is 8.35. The molecule has 0 heterocycles. The van der Waals surface area contributed by atoms with Crippen LogP contribution < -0.4 is 12.4 Å². The quantitative estimate of drug-likeness (QED) is 0.268. The topological polar surface area (TPSA) is 0 Å². The van der Waals surface area contributed by atoms with Crippen molar-refractivity contribution in [3.8, 4) is 11.1 Å². The van der Waals surface area contributed by atoms with Crippen molar-refractivity contribution in [1.29, 1.82) is 0 Å². The minimum atomic E-state index is -4.33. The second kappa shape index (κ2) is 9.40. The molecular formula is C21H21Cl6Sb. The summed E-state index contributed by atoms with van der Waals surface area (Å²) in [5.74, 6) is 0. The van der Waals surface area contributed by atoms with E-state index in [0.717, 1.165) is 25.7 Å². The summed E-state index contributed by atoms with van der Waals surface area (Å²) in [6.07, 6.45) is 4.55. The summed E-state index contributed by atoms with van der Waals surface area (Å²) in [5.41, 5.74) is 11.9. The number of rotatable bonds is 1. The van der Waals surface area contributed by atoms with E-state index in [4.69, 9.17) is 44.1 Å². The van der Waals surface area contributed by atoms with Crippen LogP contribution in [0.3, 0.4) is 0 Å². The van der Waals surface area contributed by atoms with E-state index >= 15 is 0 Å². The average molecular weight is 608 g/mol. The van der Waals surface area contributed by atoms with Crippen molar-refractivity contribution in [2.24, 2.45) is 0 Å².